The van der Waals surface area contributed by atoms with E-state index in [0.717, 1.165) is 31.7 Å². The van der Waals surface area contributed by atoms with Gasteiger partial charge in [0.25, 0.3) is 0 Å². The van der Waals surface area contributed by atoms with E-state index in [1.165, 1.54) is 12.8 Å². The molecule has 2 fully saturated rings. The molecule has 0 spiro atoms. The topological polar surface area (TPSA) is 53.5 Å². The molecule has 3 rings (SSSR count). The summed E-state index contributed by atoms with van der Waals surface area (Å²) in [6, 6.07) is 6.04. The maximum absolute atomic E-state index is 10.4. The van der Waals surface area contributed by atoms with E-state index < -0.39 is 6.10 Å². The first-order chi connectivity index (χ1) is 11.1. The van der Waals surface area contributed by atoms with Crippen LogP contribution in [0.5, 0.6) is 0 Å². The number of nitrogens with one attached hydrogen (secondary N) is 2. The summed E-state index contributed by atoms with van der Waals surface area (Å²) in [6.45, 7) is 3.02. The van der Waals surface area contributed by atoms with Crippen LogP contribution in [0, 0.1) is 5.92 Å². The number of morpholine rings is 1. The molecule has 3 N–H and O–H groups in total. The average Bonchev–Trinajstić information content (AvgIpc) is 3.01. The van der Waals surface area contributed by atoms with E-state index in [-0.39, 0.29) is 12.4 Å². The molecular weight excluding hydrogens is 371 g/mol. The molecule has 4 atom stereocenters. The zero-order valence-electron chi connectivity index (χ0n) is 13.5. The van der Waals surface area contributed by atoms with Crippen LogP contribution in [0.4, 0.5) is 0 Å². The molecule has 136 valence electrons. The number of hydrogen-bond donors (Lipinski definition) is 3. The number of hydrogen-bond acceptors (Lipinski definition) is 4. The normalized spacial score (nSPS) is 28.4. The molecule has 1 aromatic carbocycles. The van der Waals surface area contributed by atoms with Crippen molar-refractivity contribution in [3.63, 3.8) is 0 Å². The van der Waals surface area contributed by atoms with Gasteiger partial charge in [0.2, 0.25) is 0 Å². The van der Waals surface area contributed by atoms with Crippen LogP contribution >= 0.6 is 35.6 Å². The highest BCUT2D eigenvalue weighted by Gasteiger charge is 2.34. The van der Waals surface area contributed by atoms with Gasteiger partial charge in [0.1, 0.15) is 0 Å². The summed E-state index contributed by atoms with van der Waals surface area (Å²) in [7, 11) is 0. The summed E-state index contributed by atoms with van der Waals surface area (Å²) in [4.78, 5) is 0. The minimum atomic E-state index is -0.608. The second-order valence-electron chi connectivity index (χ2n) is 6.46. The van der Waals surface area contributed by atoms with Crippen molar-refractivity contribution in [2.75, 3.05) is 26.3 Å². The van der Waals surface area contributed by atoms with E-state index in [2.05, 4.69) is 10.6 Å². The van der Waals surface area contributed by atoms with Crippen molar-refractivity contribution in [3.05, 3.63) is 33.8 Å². The molecule has 0 aromatic heterocycles. The van der Waals surface area contributed by atoms with Crippen molar-refractivity contribution >= 4 is 35.6 Å². The Bertz CT molecular complexity index is 506. The fourth-order valence-corrected chi connectivity index (χ4v) is 4.28. The van der Waals surface area contributed by atoms with Gasteiger partial charge in [-0.1, -0.05) is 29.6 Å². The van der Waals surface area contributed by atoms with Crippen LogP contribution in [0.3, 0.4) is 0 Å². The minimum absolute atomic E-state index is 0. The molecule has 0 bridgehead atoms. The third-order valence-electron chi connectivity index (χ3n) is 4.88. The summed E-state index contributed by atoms with van der Waals surface area (Å²) in [5.41, 5.74) is 0.753. The SMILES string of the molecule is Cl.OC(CNC1CCCC1C1COCCN1)c1cc(Cl)cc(Cl)c1. The molecule has 1 aliphatic heterocycles. The molecular formula is C17H25Cl3N2O2. The molecule has 7 heteroatoms. The summed E-state index contributed by atoms with van der Waals surface area (Å²) >= 11 is 12.0. The first-order valence-electron chi connectivity index (χ1n) is 8.32. The fourth-order valence-electron chi connectivity index (χ4n) is 3.73. The average molecular weight is 396 g/mol. The maximum atomic E-state index is 10.4. The first-order valence-corrected chi connectivity index (χ1v) is 9.07. The third-order valence-corrected chi connectivity index (χ3v) is 5.32. The molecule has 4 nitrogen and oxygen atoms in total. The molecule has 1 aliphatic carbocycles. The van der Waals surface area contributed by atoms with Crippen LogP contribution in [0.15, 0.2) is 18.2 Å². The van der Waals surface area contributed by atoms with Crippen LogP contribution in [0.25, 0.3) is 0 Å². The van der Waals surface area contributed by atoms with Gasteiger partial charge >= 0.3 is 0 Å². The fraction of sp³-hybridized carbons (Fsp3) is 0.647. The highest BCUT2D eigenvalue weighted by atomic mass is 35.5. The molecule has 1 saturated heterocycles. The van der Waals surface area contributed by atoms with Crippen molar-refractivity contribution < 1.29 is 9.84 Å². The monoisotopic (exact) mass is 394 g/mol. The zero-order chi connectivity index (χ0) is 16.2. The van der Waals surface area contributed by atoms with Gasteiger partial charge in [0, 0.05) is 35.2 Å². The number of ether oxygens (including phenoxy) is 1. The van der Waals surface area contributed by atoms with Crippen LogP contribution in [0.1, 0.15) is 30.9 Å². The number of aliphatic hydroxyl groups excluding tert-OH is 1. The molecule has 2 aliphatic rings. The van der Waals surface area contributed by atoms with E-state index in [9.17, 15) is 5.11 Å². The van der Waals surface area contributed by atoms with Crippen molar-refractivity contribution in [2.24, 2.45) is 5.92 Å². The summed E-state index contributed by atoms with van der Waals surface area (Å²) < 4.78 is 5.60. The third kappa shape index (κ3) is 5.21. The largest absolute Gasteiger partial charge is 0.387 e. The van der Waals surface area contributed by atoms with Crippen molar-refractivity contribution in [3.8, 4) is 0 Å². The minimum Gasteiger partial charge on any atom is -0.387 e. The first kappa shape index (κ1) is 20.2. The van der Waals surface area contributed by atoms with Crippen molar-refractivity contribution in [2.45, 2.75) is 37.5 Å². The van der Waals surface area contributed by atoms with E-state index in [0.29, 0.717) is 34.6 Å². The Morgan fingerprint density at radius 3 is 2.67 bits per heavy atom. The molecule has 1 heterocycles. The van der Waals surface area contributed by atoms with E-state index >= 15 is 0 Å². The summed E-state index contributed by atoms with van der Waals surface area (Å²) in [5, 5.41) is 18.6. The highest BCUT2D eigenvalue weighted by molar-refractivity contribution is 6.34. The molecule has 1 aromatic rings. The summed E-state index contributed by atoms with van der Waals surface area (Å²) in [6.07, 6.45) is 2.96. The van der Waals surface area contributed by atoms with E-state index in [4.69, 9.17) is 27.9 Å². The molecule has 24 heavy (non-hydrogen) atoms. The number of halogens is 3. The van der Waals surface area contributed by atoms with Gasteiger partial charge in [-0.05, 0) is 42.5 Å². The lowest BCUT2D eigenvalue weighted by Gasteiger charge is -2.33. The number of rotatable bonds is 5. The standard InChI is InChI=1S/C17H24Cl2N2O2.ClH/c18-12-6-11(7-13(19)8-12)17(22)9-21-15-3-1-2-14(15)16-10-23-5-4-20-16;/h6-8,14-17,20-22H,1-5,9-10H2;1H. The van der Waals surface area contributed by atoms with Crippen LogP contribution < -0.4 is 10.6 Å². The van der Waals surface area contributed by atoms with E-state index in [1.807, 2.05) is 0 Å². The van der Waals surface area contributed by atoms with Gasteiger partial charge in [-0.25, -0.2) is 0 Å². The highest BCUT2D eigenvalue weighted by Crippen LogP contribution is 2.30. The lowest BCUT2D eigenvalue weighted by atomic mass is 9.93. The van der Waals surface area contributed by atoms with Crippen LogP contribution in [-0.2, 0) is 4.74 Å². The van der Waals surface area contributed by atoms with Gasteiger partial charge in [0.05, 0.1) is 19.3 Å². The Kier molecular flexibility index (Phi) is 8.08. The summed E-state index contributed by atoms with van der Waals surface area (Å²) in [5.74, 6) is 0.561. The van der Waals surface area contributed by atoms with Crippen molar-refractivity contribution in [1.29, 1.82) is 0 Å². The maximum Gasteiger partial charge on any atom is 0.0915 e. The van der Waals surface area contributed by atoms with Crippen molar-refractivity contribution in [1.82, 2.24) is 10.6 Å². The smallest absolute Gasteiger partial charge is 0.0915 e. The Morgan fingerprint density at radius 1 is 1.25 bits per heavy atom. The lowest BCUT2D eigenvalue weighted by Crippen LogP contribution is -2.51. The Labute approximate surface area is 159 Å². The van der Waals surface area contributed by atoms with Gasteiger partial charge < -0.3 is 20.5 Å². The number of benzene rings is 1. The quantitative estimate of drug-likeness (QED) is 0.716. The van der Waals surface area contributed by atoms with Gasteiger partial charge in [0.15, 0.2) is 0 Å². The number of aliphatic hydroxyl groups is 1. The second kappa shape index (κ2) is 9.58. The Hall–Kier alpha value is -0.0700. The molecule has 1 saturated carbocycles. The Morgan fingerprint density at radius 2 is 2.00 bits per heavy atom. The van der Waals surface area contributed by atoms with Crippen LogP contribution in [0.2, 0.25) is 10.0 Å². The predicted octanol–water partition coefficient (Wildman–Crippen LogP) is 3.20. The second-order valence-corrected chi connectivity index (χ2v) is 7.34. The molecule has 4 unspecified atom stereocenters. The van der Waals surface area contributed by atoms with Gasteiger partial charge in [-0.15, -0.1) is 12.4 Å². The molecule has 0 amide bonds. The van der Waals surface area contributed by atoms with Gasteiger partial charge in [-0.2, -0.15) is 0 Å². The molecule has 0 radical (unpaired) electrons. The zero-order valence-corrected chi connectivity index (χ0v) is 15.8. The van der Waals surface area contributed by atoms with Gasteiger partial charge in [-0.3, -0.25) is 0 Å². The Balaban J connectivity index is 0.00000208. The predicted molar refractivity (Wildman–Crippen MR) is 100 cm³/mol. The van der Waals surface area contributed by atoms with Crippen LogP contribution in [-0.4, -0.2) is 43.5 Å². The lowest BCUT2D eigenvalue weighted by molar-refractivity contribution is 0.0513. The van der Waals surface area contributed by atoms with E-state index in [1.54, 1.807) is 18.2 Å².